The molecule has 5 nitrogen and oxygen atoms in total. The minimum absolute atomic E-state index is 0.0600. The number of ether oxygens (including phenoxy) is 1. The van der Waals surface area contributed by atoms with Gasteiger partial charge in [-0.1, -0.05) is 33.1 Å². The molecule has 1 rings (SSSR count). The summed E-state index contributed by atoms with van der Waals surface area (Å²) in [6.45, 7) is 6.67. The number of amides is 2. The van der Waals surface area contributed by atoms with E-state index < -0.39 is 0 Å². The summed E-state index contributed by atoms with van der Waals surface area (Å²) in [6.07, 6.45) is 8.69. The summed E-state index contributed by atoms with van der Waals surface area (Å²) in [5.41, 5.74) is 0. The van der Waals surface area contributed by atoms with Crippen LogP contribution in [0.4, 0.5) is 4.79 Å². The highest BCUT2D eigenvalue weighted by molar-refractivity contribution is 5.74. The zero-order valence-electron chi connectivity index (χ0n) is 15.6. The number of hydrogen-bond acceptors (Lipinski definition) is 3. The number of carbonyl (C=O) groups is 1. The van der Waals surface area contributed by atoms with Gasteiger partial charge in [-0.25, -0.2) is 4.79 Å². The number of rotatable bonds is 10. The number of hydrogen-bond donors (Lipinski definition) is 2. The highest BCUT2D eigenvalue weighted by Gasteiger charge is 2.15. The van der Waals surface area contributed by atoms with E-state index in [2.05, 4.69) is 29.4 Å². The lowest BCUT2D eigenvalue weighted by atomic mass is 9.98. The Morgan fingerprint density at radius 1 is 1.22 bits per heavy atom. The second-order valence-corrected chi connectivity index (χ2v) is 7.47. The first-order valence-corrected chi connectivity index (χ1v) is 9.28. The van der Waals surface area contributed by atoms with Crippen molar-refractivity contribution in [3.8, 4) is 0 Å². The Bertz CT molecular complexity index is 305. The first-order valence-electron chi connectivity index (χ1n) is 9.28. The van der Waals surface area contributed by atoms with E-state index in [9.17, 15) is 4.79 Å². The van der Waals surface area contributed by atoms with Crippen LogP contribution in [-0.4, -0.2) is 56.9 Å². The average molecular weight is 328 g/mol. The van der Waals surface area contributed by atoms with Gasteiger partial charge in [0.15, 0.2) is 0 Å². The molecule has 0 aromatic carbocycles. The van der Waals surface area contributed by atoms with Crippen LogP contribution in [0.15, 0.2) is 0 Å². The summed E-state index contributed by atoms with van der Waals surface area (Å²) in [5, 5.41) is 6.04. The van der Waals surface area contributed by atoms with Crippen LogP contribution in [0.3, 0.4) is 0 Å². The van der Waals surface area contributed by atoms with E-state index in [0.29, 0.717) is 18.6 Å². The maximum absolute atomic E-state index is 12.0. The molecule has 23 heavy (non-hydrogen) atoms. The molecule has 0 spiro atoms. The molecule has 0 unspecified atom stereocenters. The van der Waals surface area contributed by atoms with E-state index in [4.69, 9.17) is 4.74 Å². The molecule has 0 aliphatic heterocycles. The van der Waals surface area contributed by atoms with Gasteiger partial charge in [0.25, 0.3) is 0 Å². The van der Waals surface area contributed by atoms with Gasteiger partial charge in [-0.3, -0.25) is 0 Å². The second-order valence-electron chi connectivity index (χ2n) is 7.47. The Morgan fingerprint density at radius 3 is 2.52 bits per heavy atom. The lowest BCUT2D eigenvalue weighted by Crippen LogP contribution is -2.47. The summed E-state index contributed by atoms with van der Waals surface area (Å²) in [4.78, 5) is 14.1. The van der Waals surface area contributed by atoms with Crippen molar-refractivity contribution in [2.24, 2.45) is 5.92 Å². The van der Waals surface area contributed by atoms with Crippen LogP contribution in [0.1, 0.15) is 58.8 Å². The number of nitrogens with zero attached hydrogens (tertiary/aromatic N) is 1. The van der Waals surface area contributed by atoms with Crippen LogP contribution >= 0.6 is 0 Å². The van der Waals surface area contributed by atoms with Crippen molar-refractivity contribution in [1.29, 1.82) is 0 Å². The average Bonchev–Trinajstić information content (AvgIpc) is 2.46. The fourth-order valence-corrected chi connectivity index (χ4v) is 3.18. The van der Waals surface area contributed by atoms with Gasteiger partial charge in [-0.05, 0) is 45.7 Å². The van der Waals surface area contributed by atoms with Crippen molar-refractivity contribution in [3.05, 3.63) is 0 Å². The van der Waals surface area contributed by atoms with Crippen LogP contribution in [0.2, 0.25) is 0 Å². The molecule has 2 amide bonds. The third kappa shape index (κ3) is 10.6. The molecule has 5 heteroatoms. The van der Waals surface area contributed by atoms with Crippen molar-refractivity contribution in [2.75, 3.05) is 33.8 Å². The predicted molar refractivity (Wildman–Crippen MR) is 95.8 cm³/mol. The van der Waals surface area contributed by atoms with Gasteiger partial charge in [-0.2, -0.15) is 0 Å². The van der Waals surface area contributed by atoms with Crippen LogP contribution in [0.25, 0.3) is 0 Å². The first-order chi connectivity index (χ1) is 11.0. The van der Waals surface area contributed by atoms with Gasteiger partial charge in [0.2, 0.25) is 0 Å². The van der Waals surface area contributed by atoms with E-state index >= 15 is 0 Å². The predicted octanol–water partition coefficient (Wildman–Crippen LogP) is 3.00. The maximum Gasteiger partial charge on any atom is 0.315 e. The summed E-state index contributed by atoms with van der Waals surface area (Å²) in [7, 11) is 4.07. The van der Waals surface area contributed by atoms with Crippen molar-refractivity contribution < 1.29 is 9.53 Å². The summed E-state index contributed by atoms with van der Waals surface area (Å²) >= 11 is 0. The smallest absolute Gasteiger partial charge is 0.315 e. The van der Waals surface area contributed by atoms with E-state index in [1.807, 2.05) is 14.1 Å². The van der Waals surface area contributed by atoms with Crippen molar-refractivity contribution in [1.82, 2.24) is 15.5 Å². The molecule has 0 heterocycles. The quantitative estimate of drug-likeness (QED) is 0.607. The number of carbonyl (C=O) groups excluding carboxylic acids is 1. The summed E-state index contributed by atoms with van der Waals surface area (Å²) in [5.74, 6) is 0.573. The third-order valence-electron chi connectivity index (χ3n) is 4.19. The molecular formula is C18H37N3O2. The molecule has 1 aliphatic rings. The Balaban J connectivity index is 2.11. The summed E-state index contributed by atoms with van der Waals surface area (Å²) < 4.78 is 5.87. The van der Waals surface area contributed by atoms with Gasteiger partial charge in [0, 0.05) is 25.7 Å². The van der Waals surface area contributed by atoms with Crippen molar-refractivity contribution >= 4 is 6.03 Å². The third-order valence-corrected chi connectivity index (χ3v) is 4.19. The lowest BCUT2D eigenvalue weighted by molar-refractivity contribution is 0.0275. The molecule has 1 aliphatic carbocycles. The van der Waals surface area contributed by atoms with E-state index in [-0.39, 0.29) is 12.1 Å². The second kappa shape index (κ2) is 11.7. The van der Waals surface area contributed by atoms with Crippen molar-refractivity contribution in [3.63, 3.8) is 0 Å². The highest BCUT2D eigenvalue weighted by atomic mass is 16.5. The normalized spacial score (nSPS) is 17.5. The maximum atomic E-state index is 12.0. The van der Waals surface area contributed by atoms with E-state index in [1.54, 1.807) is 0 Å². The minimum atomic E-state index is -0.0600. The Labute approximate surface area is 142 Å². The molecular weight excluding hydrogens is 290 g/mol. The fourth-order valence-electron chi connectivity index (χ4n) is 3.18. The molecule has 0 aromatic rings. The highest BCUT2D eigenvalue weighted by Crippen LogP contribution is 2.20. The fraction of sp³-hybridized carbons (Fsp3) is 0.944. The zero-order valence-corrected chi connectivity index (χ0v) is 15.6. The summed E-state index contributed by atoms with van der Waals surface area (Å²) in [6, 6.07) is 0.138. The Morgan fingerprint density at radius 2 is 1.91 bits per heavy atom. The van der Waals surface area contributed by atoms with Gasteiger partial charge in [0.05, 0.1) is 6.10 Å². The SMILES string of the molecule is CC(C)C[C@H](CN(C)C)NC(=O)NCCCOC1CCCCC1. The standard InChI is InChI=1S/C18H37N3O2/c1-15(2)13-16(14-21(3)4)20-18(22)19-11-8-12-23-17-9-6-5-7-10-17/h15-17H,5-14H2,1-4H3,(H2,19,20,22)/t16-/m1/s1. The first kappa shape index (κ1) is 20.2. The van der Waals surface area contributed by atoms with Crippen LogP contribution < -0.4 is 10.6 Å². The number of urea groups is 1. The van der Waals surface area contributed by atoms with E-state index in [0.717, 1.165) is 26.0 Å². The molecule has 136 valence electrons. The van der Waals surface area contributed by atoms with Crippen LogP contribution in [-0.2, 0) is 4.74 Å². The topological polar surface area (TPSA) is 53.6 Å². The van der Waals surface area contributed by atoms with Gasteiger partial charge >= 0.3 is 6.03 Å². The minimum Gasteiger partial charge on any atom is -0.378 e. The molecule has 0 saturated heterocycles. The van der Waals surface area contributed by atoms with Crippen molar-refractivity contribution in [2.45, 2.75) is 70.9 Å². The molecule has 0 radical (unpaired) electrons. The van der Waals surface area contributed by atoms with E-state index in [1.165, 1.54) is 32.1 Å². The molecule has 1 atom stereocenters. The largest absolute Gasteiger partial charge is 0.378 e. The molecule has 0 bridgehead atoms. The van der Waals surface area contributed by atoms with Crippen LogP contribution in [0.5, 0.6) is 0 Å². The number of nitrogens with one attached hydrogen (secondary N) is 2. The Hall–Kier alpha value is -0.810. The van der Waals surface area contributed by atoms with Gasteiger partial charge in [0.1, 0.15) is 0 Å². The van der Waals surface area contributed by atoms with Crippen LogP contribution in [0, 0.1) is 5.92 Å². The monoisotopic (exact) mass is 327 g/mol. The zero-order chi connectivity index (χ0) is 17.1. The Kier molecular flexibility index (Phi) is 10.3. The molecule has 0 aromatic heterocycles. The molecule has 1 saturated carbocycles. The lowest BCUT2D eigenvalue weighted by Gasteiger charge is -2.24. The molecule has 1 fully saturated rings. The molecule has 2 N–H and O–H groups in total. The number of likely N-dealkylation sites (N-methyl/N-ethyl adjacent to an activating group) is 1. The van der Waals surface area contributed by atoms with Gasteiger partial charge < -0.3 is 20.3 Å². The van der Waals surface area contributed by atoms with Gasteiger partial charge in [-0.15, -0.1) is 0 Å².